The van der Waals surface area contributed by atoms with Gasteiger partial charge < -0.3 is 10.2 Å². The molecule has 0 aromatic rings. The Morgan fingerprint density at radius 1 is 1.00 bits per heavy atom. The molecule has 18 heavy (non-hydrogen) atoms. The Bertz CT molecular complexity index is 257. The van der Waals surface area contributed by atoms with E-state index >= 15 is 0 Å². The van der Waals surface area contributed by atoms with E-state index in [0.29, 0.717) is 0 Å². The van der Waals surface area contributed by atoms with Crippen molar-refractivity contribution in [3.63, 3.8) is 0 Å². The van der Waals surface area contributed by atoms with Crippen molar-refractivity contribution in [3.8, 4) is 0 Å². The van der Waals surface area contributed by atoms with Gasteiger partial charge in [0.05, 0.1) is 0 Å². The van der Waals surface area contributed by atoms with Crippen molar-refractivity contribution in [1.29, 1.82) is 0 Å². The van der Waals surface area contributed by atoms with Crippen LogP contribution in [0.15, 0.2) is 23.7 Å². The van der Waals surface area contributed by atoms with E-state index in [2.05, 4.69) is 20.4 Å². The van der Waals surface area contributed by atoms with E-state index in [9.17, 15) is 19.8 Å². The molecule has 0 aliphatic heterocycles. The first kappa shape index (κ1) is 22.1. The van der Waals surface area contributed by atoms with Crippen LogP contribution in [-0.4, -0.2) is 34.8 Å². The average Bonchev–Trinajstić information content (AvgIpc) is 2.14. The zero-order valence-corrected chi connectivity index (χ0v) is 12.6. The van der Waals surface area contributed by atoms with Crippen molar-refractivity contribution in [1.82, 2.24) is 0 Å². The van der Waals surface area contributed by atoms with Gasteiger partial charge in [-0.3, -0.25) is 9.59 Å². The van der Waals surface area contributed by atoms with Gasteiger partial charge in [-0.05, 0) is 26.0 Å². The standard InChI is InChI=1S/2C5H8O2.C2H5O.Al/c2*1-4(6)3-5(2)7;1-2-3;/h2*3,6H,1-2H3;2H2,1H3;/q;;-1;+3/p-2/b2*4-3-;;. The predicted molar refractivity (Wildman–Crippen MR) is 66.3 cm³/mol. The molecule has 100 valence electrons. The quantitative estimate of drug-likeness (QED) is 0.402. The first-order valence-electron chi connectivity index (χ1n) is 5.20. The summed E-state index contributed by atoms with van der Waals surface area (Å²) in [7, 11) is 0. The molecule has 0 saturated heterocycles. The van der Waals surface area contributed by atoms with Gasteiger partial charge in [0.15, 0.2) is 11.6 Å². The van der Waals surface area contributed by atoms with Gasteiger partial charge in [0, 0.05) is 0 Å². The zero-order valence-electron chi connectivity index (χ0n) is 11.5. The van der Waals surface area contributed by atoms with Crippen molar-refractivity contribution in [2.75, 3.05) is 6.61 Å². The van der Waals surface area contributed by atoms with Gasteiger partial charge in [-0.15, -0.1) is 11.5 Å². The summed E-state index contributed by atoms with van der Waals surface area (Å²) in [4.78, 5) is 20.0. The van der Waals surface area contributed by atoms with Gasteiger partial charge in [-0.25, -0.2) is 0 Å². The van der Waals surface area contributed by atoms with Crippen LogP contribution in [0.3, 0.4) is 0 Å². The van der Waals surface area contributed by atoms with E-state index in [1.165, 1.54) is 27.7 Å². The number of hydrogen-bond acceptors (Lipinski definition) is 5. The second-order valence-corrected chi connectivity index (χ2v) is 3.52. The molecule has 0 unspecified atom stereocenters. The number of carbonyl (C=O) groups excluding carboxylic acids is 2. The Morgan fingerprint density at radius 3 is 1.22 bits per heavy atom. The Hall–Kier alpha value is -1.09. The van der Waals surface area contributed by atoms with Crippen LogP contribution in [0.5, 0.6) is 0 Å². The van der Waals surface area contributed by atoms with Crippen molar-refractivity contribution in [2.45, 2.75) is 34.6 Å². The summed E-state index contributed by atoms with van der Waals surface area (Å²) in [6, 6.07) is 0. The second kappa shape index (κ2) is 15.9. The molecule has 5 nitrogen and oxygen atoms in total. The first-order valence-corrected chi connectivity index (χ1v) is 5.67. The number of allylic oxidation sites excluding steroid dienone is 4. The molecule has 0 radical (unpaired) electrons. The van der Waals surface area contributed by atoms with Crippen LogP contribution in [-0.2, 0) is 13.4 Å². The van der Waals surface area contributed by atoms with Crippen LogP contribution in [0.2, 0.25) is 0 Å². The maximum atomic E-state index is 9.98. The van der Waals surface area contributed by atoms with E-state index in [4.69, 9.17) is 0 Å². The summed E-state index contributed by atoms with van der Waals surface area (Å²) < 4.78 is 4.46. The molecule has 0 heterocycles. The SMILES string of the molecule is CC(=O)/C=C(/C)[O-].CC(=O)/C=C(/C)[O-].CC[O][Al+2]. The topological polar surface area (TPSA) is 89.5 Å². The average molecular weight is 270 g/mol. The van der Waals surface area contributed by atoms with Gasteiger partial charge in [-0.1, -0.05) is 13.8 Å². The summed E-state index contributed by atoms with van der Waals surface area (Å²) in [5, 5.41) is 20.0. The van der Waals surface area contributed by atoms with E-state index in [1.54, 1.807) is 0 Å². The van der Waals surface area contributed by atoms with Crippen LogP contribution >= 0.6 is 0 Å². The second-order valence-electron chi connectivity index (χ2n) is 3.19. The van der Waals surface area contributed by atoms with Gasteiger partial charge in [0.2, 0.25) is 0 Å². The van der Waals surface area contributed by atoms with Gasteiger partial charge in [0.1, 0.15) is 0 Å². The molecule has 0 spiro atoms. The summed E-state index contributed by atoms with van der Waals surface area (Å²) in [5.41, 5.74) is 0. The van der Waals surface area contributed by atoms with Gasteiger partial charge in [0.25, 0.3) is 0 Å². The Morgan fingerprint density at radius 2 is 1.22 bits per heavy atom. The number of rotatable bonds is 3. The normalized spacial score (nSPS) is 10.6. The monoisotopic (exact) mass is 270 g/mol. The minimum absolute atomic E-state index is 0.187. The van der Waals surface area contributed by atoms with Crippen LogP contribution in [0.25, 0.3) is 0 Å². The summed E-state index contributed by atoms with van der Waals surface area (Å²) in [5.74, 6) is -0.750. The zero-order chi connectivity index (χ0) is 15.1. The van der Waals surface area contributed by atoms with Crippen LogP contribution in [0.4, 0.5) is 0 Å². The van der Waals surface area contributed by atoms with Crippen LogP contribution in [0, 0.1) is 0 Å². The molecule has 0 saturated carbocycles. The maximum absolute atomic E-state index is 9.98. The predicted octanol–water partition coefficient (Wildman–Crippen LogP) is -0.215. The molecule has 6 heteroatoms. The molecular weight excluding hydrogens is 251 g/mol. The number of hydrogen-bond donors (Lipinski definition) is 0. The van der Waals surface area contributed by atoms with Crippen LogP contribution in [0.1, 0.15) is 34.6 Å². The Kier molecular flexibility index (Phi) is 19.6. The summed E-state index contributed by atoms with van der Waals surface area (Å²) in [6.45, 7) is 8.11. The summed E-state index contributed by atoms with van der Waals surface area (Å²) >= 11 is 2.16. The van der Waals surface area contributed by atoms with Crippen molar-refractivity contribution in [3.05, 3.63) is 23.7 Å². The van der Waals surface area contributed by atoms with Crippen molar-refractivity contribution >= 4 is 28.2 Å². The third-order valence-electron chi connectivity index (χ3n) is 0.980. The van der Waals surface area contributed by atoms with Gasteiger partial charge >= 0.3 is 33.9 Å². The number of carbonyl (C=O) groups is 2. The minimum atomic E-state index is -0.187. The van der Waals surface area contributed by atoms with E-state index in [1.807, 2.05) is 6.92 Å². The fourth-order valence-corrected chi connectivity index (χ4v) is 0.572. The molecule has 0 rings (SSSR count). The molecule has 0 aliphatic rings. The molecule has 0 N–H and O–H groups in total. The molecule has 0 aromatic carbocycles. The van der Waals surface area contributed by atoms with E-state index in [-0.39, 0.29) is 23.1 Å². The molecule has 0 aromatic heterocycles. The van der Waals surface area contributed by atoms with Crippen molar-refractivity contribution < 1.29 is 23.6 Å². The molecule has 0 aliphatic carbocycles. The fraction of sp³-hybridized carbons (Fsp3) is 0.500. The molecule has 0 amide bonds. The molecular formula is C12H19AlO5. The third kappa shape index (κ3) is 46.1. The fourth-order valence-electron chi connectivity index (χ4n) is 0.572. The number of ketones is 2. The van der Waals surface area contributed by atoms with E-state index < -0.39 is 0 Å². The van der Waals surface area contributed by atoms with E-state index in [0.717, 1.165) is 18.8 Å². The third-order valence-corrected chi connectivity index (χ3v) is 1.31. The Balaban J connectivity index is -0.000000196. The Labute approximate surface area is 117 Å². The molecule has 0 bridgehead atoms. The first-order chi connectivity index (χ1) is 8.17. The van der Waals surface area contributed by atoms with Gasteiger partial charge in [-0.2, -0.15) is 0 Å². The van der Waals surface area contributed by atoms with Crippen LogP contribution < -0.4 is 10.2 Å². The summed E-state index contributed by atoms with van der Waals surface area (Å²) in [6.07, 6.45) is 2.11. The molecule has 0 fully saturated rings. The van der Waals surface area contributed by atoms with Crippen molar-refractivity contribution in [2.24, 2.45) is 0 Å². The molecule has 0 atom stereocenters.